The van der Waals surface area contributed by atoms with Crippen molar-refractivity contribution < 1.29 is 4.79 Å². The van der Waals surface area contributed by atoms with Crippen LogP contribution in [0.25, 0.3) is 0 Å². The fraction of sp³-hybridized carbons (Fsp3) is 0.467. The van der Waals surface area contributed by atoms with Gasteiger partial charge in [-0.1, -0.05) is 13.3 Å². The Morgan fingerprint density at radius 3 is 3.10 bits per heavy atom. The average Bonchev–Trinajstić information content (AvgIpc) is 3.03. The Bertz CT molecular complexity index is 629. The summed E-state index contributed by atoms with van der Waals surface area (Å²) in [7, 11) is 0. The average molecular weight is 289 g/mol. The van der Waals surface area contributed by atoms with Gasteiger partial charge in [-0.25, -0.2) is 0 Å². The lowest BCUT2D eigenvalue weighted by molar-refractivity contribution is 0.103. The Kier molecular flexibility index (Phi) is 3.61. The number of nitrogens with zero attached hydrogens (tertiary/aromatic N) is 1. The van der Waals surface area contributed by atoms with E-state index < -0.39 is 0 Å². The first-order valence-electron chi connectivity index (χ1n) is 7.10. The molecule has 0 aliphatic heterocycles. The molecule has 1 amide bonds. The van der Waals surface area contributed by atoms with Gasteiger partial charge in [-0.2, -0.15) is 5.10 Å². The normalized spacial score (nSPS) is 17.8. The fourth-order valence-electron chi connectivity index (χ4n) is 2.72. The third-order valence-electron chi connectivity index (χ3n) is 3.93. The summed E-state index contributed by atoms with van der Waals surface area (Å²) in [6.07, 6.45) is 4.72. The van der Waals surface area contributed by atoms with Crippen LogP contribution in [0, 0.1) is 12.8 Å². The highest BCUT2D eigenvalue weighted by atomic mass is 32.1. The van der Waals surface area contributed by atoms with Gasteiger partial charge in [0.1, 0.15) is 0 Å². The zero-order valence-corrected chi connectivity index (χ0v) is 12.6. The van der Waals surface area contributed by atoms with E-state index in [4.69, 9.17) is 0 Å². The van der Waals surface area contributed by atoms with Crippen LogP contribution in [0.5, 0.6) is 0 Å². The first-order chi connectivity index (χ1) is 9.65. The summed E-state index contributed by atoms with van der Waals surface area (Å²) in [6.45, 7) is 4.16. The minimum Gasteiger partial charge on any atom is -0.304 e. The highest BCUT2D eigenvalue weighted by molar-refractivity contribution is 7.14. The van der Waals surface area contributed by atoms with Crippen molar-refractivity contribution in [1.29, 1.82) is 0 Å². The second kappa shape index (κ2) is 5.40. The van der Waals surface area contributed by atoms with E-state index in [2.05, 4.69) is 28.5 Å². The number of anilines is 1. The number of fused-ring (bicyclic) bond motifs is 1. The summed E-state index contributed by atoms with van der Waals surface area (Å²) in [4.78, 5) is 14.4. The molecule has 106 valence electrons. The molecular formula is C15H19N3OS. The molecule has 1 unspecified atom stereocenters. The molecule has 2 aromatic heterocycles. The third-order valence-corrected chi connectivity index (χ3v) is 5.17. The van der Waals surface area contributed by atoms with Crippen LogP contribution >= 0.6 is 11.3 Å². The maximum Gasteiger partial charge on any atom is 0.266 e. The molecular weight excluding hydrogens is 270 g/mol. The Balaban J connectivity index is 1.74. The minimum atomic E-state index is -0.0519. The molecule has 4 nitrogen and oxygen atoms in total. The number of thiophene rings is 1. The molecule has 0 fully saturated rings. The lowest BCUT2D eigenvalue weighted by Gasteiger charge is -2.19. The van der Waals surface area contributed by atoms with Gasteiger partial charge in [0.2, 0.25) is 0 Å². The van der Waals surface area contributed by atoms with E-state index in [0.717, 1.165) is 29.3 Å². The van der Waals surface area contributed by atoms with Crippen molar-refractivity contribution in [1.82, 2.24) is 10.2 Å². The molecule has 3 rings (SSSR count). The van der Waals surface area contributed by atoms with E-state index in [0.29, 0.717) is 5.82 Å². The number of amides is 1. The van der Waals surface area contributed by atoms with Crippen molar-refractivity contribution >= 4 is 23.1 Å². The van der Waals surface area contributed by atoms with E-state index >= 15 is 0 Å². The zero-order chi connectivity index (χ0) is 14.1. The van der Waals surface area contributed by atoms with E-state index in [1.165, 1.54) is 23.3 Å². The second-order valence-electron chi connectivity index (χ2n) is 5.47. The fourth-order valence-corrected chi connectivity index (χ4v) is 3.82. The van der Waals surface area contributed by atoms with Crippen molar-refractivity contribution in [3.8, 4) is 0 Å². The first-order valence-corrected chi connectivity index (χ1v) is 7.92. The second-order valence-corrected chi connectivity index (χ2v) is 6.60. The molecule has 0 radical (unpaired) electrons. The van der Waals surface area contributed by atoms with Crippen LogP contribution in [0.2, 0.25) is 0 Å². The summed E-state index contributed by atoms with van der Waals surface area (Å²) in [5.41, 5.74) is 2.31. The molecule has 0 bridgehead atoms. The van der Waals surface area contributed by atoms with Crippen LogP contribution in [0.1, 0.15) is 45.6 Å². The maximum absolute atomic E-state index is 12.2. The summed E-state index contributed by atoms with van der Waals surface area (Å²) in [5.74, 6) is 1.32. The Morgan fingerprint density at radius 2 is 2.40 bits per heavy atom. The molecule has 0 saturated heterocycles. The van der Waals surface area contributed by atoms with Crippen LogP contribution in [0.15, 0.2) is 12.1 Å². The van der Waals surface area contributed by atoms with Crippen molar-refractivity contribution in [2.45, 2.75) is 39.5 Å². The highest BCUT2D eigenvalue weighted by Crippen LogP contribution is 2.33. The molecule has 1 atom stereocenters. The number of H-pyrrole nitrogens is 1. The van der Waals surface area contributed by atoms with Gasteiger partial charge in [0.15, 0.2) is 5.82 Å². The summed E-state index contributed by atoms with van der Waals surface area (Å²) >= 11 is 1.63. The van der Waals surface area contributed by atoms with E-state index in [-0.39, 0.29) is 5.91 Å². The van der Waals surface area contributed by atoms with Crippen molar-refractivity contribution in [3.05, 3.63) is 33.1 Å². The number of aromatic nitrogens is 2. The number of hydrogen-bond acceptors (Lipinski definition) is 3. The zero-order valence-electron chi connectivity index (χ0n) is 11.8. The van der Waals surface area contributed by atoms with Gasteiger partial charge in [-0.15, -0.1) is 11.3 Å². The molecule has 2 N–H and O–H groups in total. The third kappa shape index (κ3) is 2.63. The summed E-state index contributed by atoms with van der Waals surface area (Å²) in [6, 6.07) is 3.90. The van der Waals surface area contributed by atoms with Crippen molar-refractivity contribution in [3.63, 3.8) is 0 Å². The smallest absolute Gasteiger partial charge is 0.266 e. The maximum atomic E-state index is 12.2. The van der Waals surface area contributed by atoms with Crippen LogP contribution in [-0.2, 0) is 12.8 Å². The predicted octanol–water partition coefficient (Wildman–Crippen LogP) is 3.55. The molecule has 5 heteroatoms. The number of carbonyl (C=O) groups is 1. The molecule has 0 saturated carbocycles. The van der Waals surface area contributed by atoms with Gasteiger partial charge >= 0.3 is 0 Å². The van der Waals surface area contributed by atoms with Gasteiger partial charge in [0.25, 0.3) is 5.91 Å². The van der Waals surface area contributed by atoms with Gasteiger partial charge in [0, 0.05) is 16.6 Å². The van der Waals surface area contributed by atoms with E-state index in [1.54, 1.807) is 11.3 Å². The minimum absolute atomic E-state index is 0.0519. The van der Waals surface area contributed by atoms with Gasteiger partial charge < -0.3 is 5.32 Å². The quantitative estimate of drug-likeness (QED) is 0.908. The number of aromatic amines is 1. The standard InChI is InChI=1S/C15H19N3OS/c1-3-10-4-5-12-11(7-10)8-13(20-12)15(19)16-14-6-9(2)17-18-14/h6,8,10H,3-5,7H2,1-2H3,(H2,16,17,18,19). The van der Waals surface area contributed by atoms with Crippen LogP contribution < -0.4 is 5.32 Å². The number of hydrogen-bond donors (Lipinski definition) is 2. The predicted molar refractivity (Wildman–Crippen MR) is 81.4 cm³/mol. The van der Waals surface area contributed by atoms with Crippen molar-refractivity contribution in [2.24, 2.45) is 5.92 Å². The van der Waals surface area contributed by atoms with Gasteiger partial charge in [-0.3, -0.25) is 9.89 Å². The number of aryl methyl sites for hydroxylation is 2. The molecule has 1 aliphatic carbocycles. The molecule has 1 aliphatic rings. The molecule has 20 heavy (non-hydrogen) atoms. The van der Waals surface area contributed by atoms with E-state index in [1.807, 2.05) is 13.0 Å². The highest BCUT2D eigenvalue weighted by Gasteiger charge is 2.22. The van der Waals surface area contributed by atoms with Crippen LogP contribution in [0.4, 0.5) is 5.82 Å². The largest absolute Gasteiger partial charge is 0.304 e. The number of rotatable bonds is 3. The molecule has 2 aromatic rings. The molecule has 0 spiro atoms. The molecule has 0 aromatic carbocycles. The summed E-state index contributed by atoms with van der Waals surface area (Å²) < 4.78 is 0. The van der Waals surface area contributed by atoms with Crippen LogP contribution in [0.3, 0.4) is 0 Å². The van der Waals surface area contributed by atoms with Crippen molar-refractivity contribution in [2.75, 3.05) is 5.32 Å². The summed E-state index contributed by atoms with van der Waals surface area (Å²) in [5, 5.41) is 9.71. The SMILES string of the molecule is CCC1CCc2sc(C(=O)Nc3cc(C)[nH]n3)cc2C1. The van der Waals surface area contributed by atoms with Crippen LogP contribution in [-0.4, -0.2) is 16.1 Å². The topological polar surface area (TPSA) is 57.8 Å². The first kappa shape index (κ1) is 13.4. The Hall–Kier alpha value is -1.62. The molecule has 2 heterocycles. The van der Waals surface area contributed by atoms with Gasteiger partial charge in [-0.05, 0) is 43.7 Å². The van der Waals surface area contributed by atoms with E-state index in [9.17, 15) is 4.79 Å². The lowest BCUT2D eigenvalue weighted by atomic mass is 9.87. The Morgan fingerprint density at radius 1 is 1.55 bits per heavy atom. The Labute approximate surface area is 122 Å². The van der Waals surface area contributed by atoms with Gasteiger partial charge in [0.05, 0.1) is 4.88 Å². The lowest BCUT2D eigenvalue weighted by Crippen LogP contribution is -2.11. The number of nitrogens with one attached hydrogen (secondary N) is 2. The number of carbonyl (C=O) groups excluding carboxylic acids is 1. The monoisotopic (exact) mass is 289 g/mol.